The minimum Gasteiger partial charge on any atom is -0.371 e. The van der Waals surface area contributed by atoms with Crippen LogP contribution in [-0.4, -0.2) is 59.1 Å². The van der Waals surface area contributed by atoms with Crippen molar-refractivity contribution in [3.05, 3.63) is 65.7 Å². The van der Waals surface area contributed by atoms with Gasteiger partial charge in [-0.05, 0) is 24.6 Å². The predicted octanol–water partition coefficient (Wildman–Crippen LogP) is 1.61. The normalized spacial score (nSPS) is 26.0. The number of nitrogens with one attached hydrogen (secondary N) is 2. The highest BCUT2D eigenvalue weighted by molar-refractivity contribution is 7.89. The van der Waals surface area contributed by atoms with Crippen LogP contribution >= 0.6 is 0 Å². The Bertz CT molecular complexity index is 920. The number of rotatable bonds is 9. The van der Waals surface area contributed by atoms with Crippen LogP contribution in [0.15, 0.2) is 59.5 Å². The van der Waals surface area contributed by atoms with Crippen molar-refractivity contribution in [3.8, 4) is 0 Å². The van der Waals surface area contributed by atoms with Gasteiger partial charge in [-0.2, -0.15) is 0 Å². The Morgan fingerprint density at radius 3 is 2.47 bits per heavy atom. The maximum absolute atomic E-state index is 12.3. The molecule has 2 fully saturated rings. The van der Waals surface area contributed by atoms with Crippen molar-refractivity contribution in [3.63, 3.8) is 0 Å². The van der Waals surface area contributed by atoms with E-state index in [-0.39, 0.29) is 35.8 Å². The molecule has 0 bridgehead atoms. The van der Waals surface area contributed by atoms with E-state index in [0.717, 1.165) is 11.1 Å². The molecule has 4 atom stereocenters. The number of hydrogen-bond donors (Lipinski definition) is 2. The molecule has 30 heavy (non-hydrogen) atoms. The van der Waals surface area contributed by atoms with Gasteiger partial charge >= 0.3 is 0 Å². The van der Waals surface area contributed by atoms with E-state index in [4.69, 9.17) is 14.2 Å². The van der Waals surface area contributed by atoms with Crippen LogP contribution in [0, 0.1) is 6.92 Å². The molecule has 2 aromatic carbocycles. The van der Waals surface area contributed by atoms with E-state index in [1.165, 1.54) is 0 Å². The monoisotopic (exact) mass is 432 g/mol. The van der Waals surface area contributed by atoms with Gasteiger partial charge < -0.3 is 19.5 Å². The number of ether oxygens (including phenoxy) is 3. The second-order valence-electron chi connectivity index (χ2n) is 7.70. The van der Waals surface area contributed by atoms with E-state index >= 15 is 0 Å². The highest BCUT2D eigenvalue weighted by atomic mass is 32.2. The van der Waals surface area contributed by atoms with Crippen molar-refractivity contribution in [2.24, 2.45) is 0 Å². The lowest BCUT2D eigenvalue weighted by atomic mass is 10.1. The highest BCUT2D eigenvalue weighted by Crippen LogP contribution is 2.29. The fourth-order valence-corrected chi connectivity index (χ4v) is 4.84. The first kappa shape index (κ1) is 21.4. The first-order chi connectivity index (χ1) is 14.5. The van der Waals surface area contributed by atoms with E-state index in [0.29, 0.717) is 26.4 Å². The fourth-order valence-electron chi connectivity index (χ4n) is 3.80. The number of benzene rings is 2. The first-order valence-corrected chi connectivity index (χ1v) is 11.7. The zero-order valence-corrected chi connectivity index (χ0v) is 17.8. The molecule has 2 aromatic rings. The van der Waals surface area contributed by atoms with E-state index in [1.807, 2.05) is 37.3 Å². The van der Waals surface area contributed by atoms with Gasteiger partial charge in [-0.1, -0.05) is 48.0 Å². The van der Waals surface area contributed by atoms with Crippen LogP contribution in [0.1, 0.15) is 11.1 Å². The van der Waals surface area contributed by atoms with Gasteiger partial charge in [0.05, 0.1) is 30.8 Å². The van der Waals surface area contributed by atoms with Gasteiger partial charge in [0.15, 0.2) is 0 Å². The molecule has 2 aliphatic rings. The molecule has 0 unspecified atom stereocenters. The summed E-state index contributed by atoms with van der Waals surface area (Å²) in [6.45, 7) is 4.25. The molecule has 2 aliphatic heterocycles. The largest absolute Gasteiger partial charge is 0.371 e. The lowest BCUT2D eigenvalue weighted by molar-refractivity contribution is -0.0393. The molecule has 0 saturated carbocycles. The van der Waals surface area contributed by atoms with Crippen molar-refractivity contribution in [1.29, 1.82) is 0 Å². The van der Waals surface area contributed by atoms with Crippen molar-refractivity contribution in [2.75, 3.05) is 26.3 Å². The third kappa shape index (κ3) is 5.08. The van der Waals surface area contributed by atoms with E-state index < -0.39 is 10.0 Å². The molecule has 0 aromatic heterocycles. The molecule has 4 rings (SSSR count). The standard InChI is InChI=1S/C22H28N2O5S/c1-16-7-9-18(10-8-16)30(25,26)24-12-11-23-19-14-28-22-20(15-29-21(19)22)27-13-17-5-3-2-4-6-17/h2-10,19-24H,11-15H2,1H3/t19-,20-,21-,22-/m1/s1. The van der Waals surface area contributed by atoms with Crippen molar-refractivity contribution in [1.82, 2.24) is 10.0 Å². The third-order valence-corrected chi connectivity index (χ3v) is 6.95. The topological polar surface area (TPSA) is 85.9 Å². The lowest BCUT2D eigenvalue weighted by Crippen LogP contribution is -2.44. The summed E-state index contributed by atoms with van der Waals surface area (Å²) in [4.78, 5) is 0.273. The molecule has 0 amide bonds. The third-order valence-electron chi connectivity index (χ3n) is 5.47. The predicted molar refractivity (Wildman–Crippen MR) is 113 cm³/mol. The summed E-state index contributed by atoms with van der Waals surface area (Å²) in [5.74, 6) is 0. The SMILES string of the molecule is Cc1ccc(S(=O)(=O)NCCN[C@@H]2CO[C@H]3[C@@H]2OC[C@H]3OCc2ccccc2)cc1. The van der Waals surface area contributed by atoms with Gasteiger partial charge in [-0.3, -0.25) is 0 Å². The number of fused-ring (bicyclic) bond motifs is 1. The van der Waals surface area contributed by atoms with E-state index in [1.54, 1.807) is 24.3 Å². The Kier molecular flexibility index (Phi) is 6.82. The molecule has 7 nitrogen and oxygen atoms in total. The number of aryl methyl sites for hydroxylation is 1. The van der Waals surface area contributed by atoms with Gasteiger partial charge in [0.1, 0.15) is 18.3 Å². The first-order valence-electron chi connectivity index (χ1n) is 10.2. The molecule has 2 saturated heterocycles. The maximum atomic E-state index is 12.3. The van der Waals surface area contributed by atoms with Crippen LogP contribution in [0.5, 0.6) is 0 Å². The van der Waals surface area contributed by atoms with Gasteiger partial charge in [-0.25, -0.2) is 13.1 Å². The molecule has 162 valence electrons. The molecule has 2 heterocycles. The van der Waals surface area contributed by atoms with Crippen LogP contribution in [0.2, 0.25) is 0 Å². The van der Waals surface area contributed by atoms with Crippen LogP contribution in [0.25, 0.3) is 0 Å². The minimum atomic E-state index is -3.51. The van der Waals surface area contributed by atoms with Crippen molar-refractivity contribution in [2.45, 2.75) is 42.8 Å². The van der Waals surface area contributed by atoms with Crippen molar-refractivity contribution >= 4 is 10.0 Å². The van der Waals surface area contributed by atoms with Crippen LogP contribution in [0.4, 0.5) is 0 Å². The molecule has 0 spiro atoms. The average Bonchev–Trinajstić information content (AvgIpc) is 3.33. The molecule has 8 heteroatoms. The molecule has 0 aliphatic carbocycles. The smallest absolute Gasteiger partial charge is 0.240 e. The highest BCUT2D eigenvalue weighted by Gasteiger charge is 2.48. The average molecular weight is 433 g/mol. The van der Waals surface area contributed by atoms with E-state index in [2.05, 4.69) is 10.0 Å². The minimum absolute atomic E-state index is 0.0178. The zero-order chi connectivity index (χ0) is 21.0. The van der Waals surface area contributed by atoms with E-state index in [9.17, 15) is 8.42 Å². The Morgan fingerprint density at radius 1 is 0.967 bits per heavy atom. The second-order valence-corrected chi connectivity index (χ2v) is 9.47. The summed E-state index contributed by atoms with van der Waals surface area (Å²) in [5.41, 5.74) is 2.14. The fraction of sp³-hybridized carbons (Fsp3) is 0.455. The Morgan fingerprint density at radius 2 is 1.70 bits per heavy atom. The van der Waals surface area contributed by atoms with Crippen molar-refractivity contribution < 1.29 is 22.6 Å². The number of sulfonamides is 1. The molecular weight excluding hydrogens is 404 g/mol. The summed E-state index contributed by atoms with van der Waals surface area (Å²) in [6, 6.07) is 16.9. The quantitative estimate of drug-likeness (QED) is 0.586. The van der Waals surface area contributed by atoms with Crippen LogP contribution in [-0.2, 0) is 30.8 Å². The van der Waals surface area contributed by atoms with Crippen LogP contribution in [0.3, 0.4) is 0 Å². The Hall–Kier alpha value is -1.81. The van der Waals surface area contributed by atoms with Gasteiger partial charge in [0.2, 0.25) is 10.0 Å². The van der Waals surface area contributed by atoms with Gasteiger partial charge in [-0.15, -0.1) is 0 Å². The summed E-state index contributed by atoms with van der Waals surface area (Å²) < 4.78 is 45.2. The second kappa shape index (κ2) is 9.55. The maximum Gasteiger partial charge on any atom is 0.240 e. The Labute approximate surface area is 177 Å². The summed E-state index contributed by atoms with van der Waals surface area (Å²) in [6.07, 6.45) is -0.281. The number of hydrogen-bond acceptors (Lipinski definition) is 6. The summed E-state index contributed by atoms with van der Waals surface area (Å²) in [7, 11) is -3.51. The van der Waals surface area contributed by atoms with Gasteiger partial charge in [0.25, 0.3) is 0 Å². The van der Waals surface area contributed by atoms with Gasteiger partial charge in [0, 0.05) is 13.1 Å². The lowest BCUT2D eigenvalue weighted by Gasteiger charge is -2.18. The Balaban J connectivity index is 1.21. The summed E-state index contributed by atoms with van der Waals surface area (Å²) in [5, 5.41) is 3.35. The molecule has 2 N–H and O–H groups in total. The summed E-state index contributed by atoms with van der Waals surface area (Å²) >= 11 is 0. The zero-order valence-electron chi connectivity index (χ0n) is 17.0. The van der Waals surface area contributed by atoms with Crippen LogP contribution < -0.4 is 10.0 Å². The molecular formula is C22H28N2O5S. The molecule has 0 radical (unpaired) electrons.